The molecule has 1 aromatic heterocycles. The van der Waals surface area contributed by atoms with Crippen LogP contribution in [0.5, 0.6) is 0 Å². The lowest BCUT2D eigenvalue weighted by Gasteiger charge is -2.10. The molecule has 0 radical (unpaired) electrons. The summed E-state index contributed by atoms with van der Waals surface area (Å²) in [7, 11) is 0. The van der Waals surface area contributed by atoms with Crippen molar-refractivity contribution in [2.45, 2.75) is 25.7 Å². The van der Waals surface area contributed by atoms with Crippen molar-refractivity contribution < 1.29 is 9.90 Å². The zero-order valence-corrected chi connectivity index (χ0v) is 8.51. The van der Waals surface area contributed by atoms with Crippen LogP contribution in [0.3, 0.4) is 0 Å². The van der Waals surface area contributed by atoms with Crippen molar-refractivity contribution >= 4 is 22.9 Å². The molecule has 2 rings (SSSR count). The number of carbonyl (C=O) groups is 1. The molecule has 3 nitrogen and oxygen atoms in total. The van der Waals surface area contributed by atoms with Gasteiger partial charge in [0.05, 0.1) is 10.4 Å². The lowest BCUT2D eigenvalue weighted by molar-refractivity contribution is 0.0691. The van der Waals surface area contributed by atoms with Gasteiger partial charge in [-0.15, -0.1) is 11.3 Å². The Hall–Kier alpha value is -1.16. The summed E-state index contributed by atoms with van der Waals surface area (Å²) in [5.74, 6) is -0.923. The van der Waals surface area contributed by atoms with Crippen LogP contribution in [0.4, 0.5) is 0 Å². The highest BCUT2D eigenvalue weighted by molar-refractivity contribution is 7.11. The van der Waals surface area contributed by atoms with Gasteiger partial charge in [-0.05, 0) is 31.3 Å². The van der Waals surface area contributed by atoms with Gasteiger partial charge in [-0.2, -0.15) is 0 Å². The second-order valence-electron chi connectivity index (χ2n) is 3.31. The molecule has 1 aromatic rings. The Kier molecular flexibility index (Phi) is 2.63. The maximum Gasteiger partial charge on any atom is 0.356 e. The van der Waals surface area contributed by atoms with Gasteiger partial charge >= 0.3 is 5.97 Å². The molecular formula is C10H11NO2S. The highest BCUT2D eigenvalue weighted by atomic mass is 32.1. The molecule has 0 aromatic carbocycles. The fourth-order valence-electron chi connectivity index (χ4n) is 1.67. The van der Waals surface area contributed by atoms with E-state index in [1.165, 1.54) is 17.8 Å². The summed E-state index contributed by atoms with van der Waals surface area (Å²) in [6, 6.07) is 0. The van der Waals surface area contributed by atoms with Crippen molar-refractivity contribution in [3.8, 4) is 0 Å². The number of hydrogen-bond acceptors (Lipinski definition) is 3. The topological polar surface area (TPSA) is 50.2 Å². The van der Waals surface area contributed by atoms with E-state index >= 15 is 0 Å². The third-order valence-corrected chi connectivity index (χ3v) is 3.25. The van der Waals surface area contributed by atoms with Crippen molar-refractivity contribution in [1.29, 1.82) is 0 Å². The fourth-order valence-corrected chi connectivity index (χ4v) is 2.52. The van der Waals surface area contributed by atoms with Gasteiger partial charge in [0, 0.05) is 0 Å². The molecule has 0 aliphatic heterocycles. The van der Waals surface area contributed by atoms with Crippen LogP contribution in [0.25, 0.3) is 5.57 Å². The molecule has 0 fully saturated rings. The molecule has 4 heteroatoms. The third kappa shape index (κ3) is 1.70. The van der Waals surface area contributed by atoms with Gasteiger partial charge in [-0.25, -0.2) is 9.78 Å². The number of carboxylic acid groups (broad SMARTS) is 1. The highest BCUT2D eigenvalue weighted by Crippen LogP contribution is 2.31. The lowest BCUT2D eigenvalue weighted by Crippen LogP contribution is -2.01. The van der Waals surface area contributed by atoms with Crippen molar-refractivity contribution in [2.75, 3.05) is 0 Å². The van der Waals surface area contributed by atoms with E-state index in [1.807, 2.05) is 0 Å². The second-order valence-corrected chi connectivity index (χ2v) is 4.17. The standard InChI is InChI=1S/C10H11NO2S/c12-10(13)8-9(14-6-11-8)7-4-2-1-3-5-7/h4,6H,1-3,5H2,(H,12,13). The van der Waals surface area contributed by atoms with E-state index in [0.29, 0.717) is 0 Å². The van der Waals surface area contributed by atoms with Crippen LogP contribution in [0.2, 0.25) is 0 Å². The number of aromatic nitrogens is 1. The molecule has 1 aliphatic carbocycles. The first-order valence-corrected chi connectivity index (χ1v) is 5.53. The minimum Gasteiger partial charge on any atom is -0.476 e. The molecule has 0 atom stereocenters. The molecule has 0 bridgehead atoms. The fraction of sp³-hybridized carbons (Fsp3) is 0.400. The Morgan fingerprint density at radius 1 is 1.50 bits per heavy atom. The van der Waals surface area contributed by atoms with Crippen LogP contribution in [-0.4, -0.2) is 16.1 Å². The monoisotopic (exact) mass is 209 g/mol. The van der Waals surface area contributed by atoms with E-state index < -0.39 is 5.97 Å². The number of allylic oxidation sites excluding steroid dienone is 2. The quantitative estimate of drug-likeness (QED) is 0.814. The zero-order valence-electron chi connectivity index (χ0n) is 7.69. The van der Waals surface area contributed by atoms with Gasteiger partial charge in [-0.1, -0.05) is 6.08 Å². The van der Waals surface area contributed by atoms with Crippen molar-refractivity contribution in [3.63, 3.8) is 0 Å². The lowest BCUT2D eigenvalue weighted by atomic mass is 9.98. The Balaban J connectivity index is 2.35. The Labute approximate surface area is 86.1 Å². The first kappa shape index (κ1) is 9.40. The van der Waals surface area contributed by atoms with Crippen LogP contribution >= 0.6 is 11.3 Å². The van der Waals surface area contributed by atoms with E-state index in [4.69, 9.17) is 5.11 Å². The number of nitrogens with zero attached hydrogens (tertiary/aromatic N) is 1. The van der Waals surface area contributed by atoms with E-state index in [-0.39, 0.29) is 5.69 Å². The smallest absolute Gasteiger partial charge is 0.356 e. The van der Waals surface area contributed by atoms with Gasteiger partial charge in [0.2, 0.25) is 0 Å². The van der Waals surface area contributed by atoms with Gasteiger partial charge in [0.25, 0.3) is 0 Å². The van der Waals surface area contributed by atoms with Crippen LogP contribution in [0, 0.1) is 0 Å². The molecule has 1 N–H and O–H groups in total. The molecule has 0 saturated carbocycles. The molecule has 0 amide bonds. The maximum atomic E-state index is 10.8. The number of rotatable bonds is 2. The van der Waals surface area contributed by atoms with Crippen molar-refractivity contribution in [1.82, 2.24) is 4.98 Å². The second kappa shape index (κ2) is 3.92. The van der Waals surface area contributed by atoms with Gasteiger partial charge in [0.15, 0.2) is 5.69 Å². The summed E-state index contributed by atoms with van der Waals surface area (Å²) in [5.41, 5.74) is 2.98. The molecule has 74 valence electrons. The minimum atomic E-state index is -0.923. The predicted molar refractivity (Wildman–Crippen MR) is 55.5 cm³/mol. The number of aromatic carboxylic acids is 1. The molecule has 0 spiro atoms. The van der Waals surface area contributed by atoms with Gasteiger partial charge < -0.3 is 5.11 Å². The Morgan fingerprint density at radius 2 is 2.36 bits per heavy atom. The summed E-state index contributed by atoms with van der Waals surface area (Å²) < 4.78 is 0. The average molecular weight is 209 g/mol. The minimum absolute atomic E-state index is 0.211. The van der Waals surface area contributed by atoms with Crippen LogP contribution in [-0.2, 0) is 0 Å². The molecule has 0 saturated heterocycles. The van der Waals surface area contributed by atoms with E-state index in [2.05, 4.69) is 11.1 Å². The van der Waals surface area contributed by atoms with E-state index in [1.54, 1.807) is 5.51 Å². The van der Waals surface area contributed by atoms with Crippen LogP contribution < -0.4 is 0 Å². The molecule has 0 unspecified atom stereocenters. The molecule has 1 heterocycles. The largest absolute Gasteiger partial charge is 0.476 e. The number of thiazole rings is 1. The summed E-state index contributed by atoms with van der Waals surface area (Å²) in [6.07, 6.45) is 6.56. The third-order valence-electron chi connectivity index (χ3n) is 2.35. The van der Waals surface area contributed by atoms with Gasteiger partial charge in [0.1, 0.15) is 0 Å². The number of carboxylic acids is 1. The summed E-state index contributed by atoms with van der Waals surface area (Å²) >= 11 is 1.42. The zero-order chi connectivity index (χ0) is 9.97. The normalized spacial score (nSPS) is 16.4. The van der Waals surface area contributed by atoms with Crippen LogP contribution in [0.15, 0.2) is 11.6 Å². The first-order valence-electron chi connectivity index (χ1n) is 4.65. The Bertz CT molecular complexity index is 381. The van der Waals surface area contributed by atoms with E-state index in [9.17, 15) is 4.79 Å². The predicted octanol–water partition coefficient (Wildman–Crippen LogP) is 2.80. The maximum absolute atomic E-state index is 10.8. The Morgan fingerprint density at radius 3 is 3.00 bits per heavy atom. The summed E-state index contributed by atoms with van der Waals surface area (Å²) in [4.78, 5) is 15.6. The number of hydrogen-bond donors (Lipinski definition) is 1. The van der Waals surface area contributed by atoms with E-state index in [0.717, 1.165) is 29.7 Å². The molecule has 1 aliphatic rings. The summed E-state index contributed by atoms with van der Waals surface area (Å²) in [5, 5.41) is 8.90. The molecule has 14 heavy (non-hydrogen) atoms. The molecular weight excluding hydrogens is 198 g/mol. The SMILES string of the molecule is O=C(O)c1ncsc1C1=CCCCC1. The van der Waals surface area contributed by atoms with Crippen molar-refractivity contribution in [3.05, 3.63) is 22.2 Å². The first-order chi connectivity index (χ1) is 6.79. The average Bonchev–Trinajstić information content (AvgIpc) is 2.67. The van der Waals surface area contributed by atoms with Crippen LogP contribution in [0.1, 0.15) is 41.0 Å². The van der Waals surface area contributed by atoms with Gasteiger partial charge in [-0.3, -0.25) is 0 Å². The highest BCUT2D eigenvalue weighted by Gasteiger charge is 2.17. The van der Waals surface area contributed by atoms with Crippen molar-refractivity contribution in [2.24, 2.45) is 0 Å². The summed E-state index contributed by atoms with van der Waals surface area (Å²) in [6.45, 7) is 0.